The van der Waals surface area contributed by atoms with Gasteiger partial charge in [-0.15, -0.1) is 0 Å². The Morgan fingerprint density at radius 2 is 2.37 bits per heavy atom. The smallest absolute Gasteiger partial charge is 0.257 e. The molecule has 1 aromatic heterocycles. The fourth-order valence-electron chi connectivity index (χ4n) is 2.33. The first kappa shape index (κ1) is 14.6. The first-order chi connectivity index (χ1) is 8.91. The Bertz CT molecular complexity index is 457. The zero-order valence-electron chi connectivity index (χ0n) is 11.3. The van der Waals surface area contributed by atoms with Crippen LogP contribution in [-0.2, 0) is 9.47 Å². The van der Waals surface area contributed by atoms with Crippen molar-refractivity contribution in [3.63, 3.8) is 0 Å². The van der Waals surface area contributed by atoms with Crippen LogP contribution >= 0.6 is 15.9 Å². The fourth-order valence-corrected chi connectivity index (χ4v) is 2.67. The molecule has 0 spiro atoms. The van der Waals surface area contributed by atoms with E-state index in [1.165, 1.54) is 6.26 Å². The first-order valence-corrected chi connectivity index (χ1v) is 6.90. The number of rotatable bonds is 3. The van der Waals surface area contributed by atoms with Gasteiger partial charge in [0, 0.05) is 26.3 Å². The maximum absolute atomic E-state index is 12.4. The van der Waals surface area contributed by atoms with E-state index in [1.54, 1.807) is 18.1 Å². The van der Waals surface area contributed by atoms with Crippen molar-refractivity contribution in [3.8, 4) is 0 Å². The molecule has 106 valence electrons. The summed E-state index contributed by atoms with van der Waals surface area (Å²) in [5.41, 5.74) is 0.165. The van der Waals surface area contributed by atoms with E-state index in [0.717, 1.165) is 0 Å². The van der Waals surface area contributed by atoms with Gasteiger partial charge < -0.3 is 18.8 Å². The van der Waals surface area contributed by atoms with Crippen LogP contribution in [0.25, 0.3) is 0 Å². The minimum atomic E-state index is -0.377. The molecule has 0 aliphatic carbocycles. The number of halogens is 1. The van der Waals surface area contributed by atoms with Gasteiger partial charge in [0.1, 0.15) is 6.26 Å². The van der Waals surface area contributed by atoms with Crippen LogP contribution in [0.5, 0.6) is 0 Å². The molecule has 1 fully saturated rings. The van der Waals surface area contributed by atoms with Gasteiger partial charge in [0.25, 0.3) is 5.91 Å². The molecular formula is C13H18BrNO4. The molecule has 2 rings (SSSR count). The number of furan rings is 1. The zero-order chi connectivity index (χ0) is 14.0. The standard InChI is InChI=1S/C13H18BrNO4/c1-13(2)8-15(5-10(19-13)7-17-3)12(16)9-4-11(14)18-6-9/h4,6,10H,5,7-8H2,1-3H3/t10-/m1/s1. The molecule has 0 aromatic carbocycles. The van der Waals surface area contributed by atoms with Crippen molar-refractivity contribution in [1.82, 2.24) is 4.90 Å². The molecule has 0 bridgehead atoms. The first-order valence-electron chi connectivity index (χ1n) is 6.11. The maximum Gasteiger partial charge on any atom is 0.257 e. The largest absolute Gasteiger partial charge is 0.457 e. The normalized spacial score (nSPS) is 22.5. The van der Waals surface area contributed by atoms with Gasteiger partial charge in [-0.3, -0.25) is 4.79 Å². The van der Waals surface area contributed by atoms with E-state index in [2.05, 4.69) is 15.9 Å². The molecule has 1 saturated heterocycles. The van der Waals surface area contributed by atoms with Crippen molar-refractivity contribution in [2.45, 2.75) is 25.6 Å². The number of ether oxygens (including phenoxy) is 2. The van der Waals surface area contributed by atoms with Gasteiger partial charge in [0.15, 0.2) is 4.67 Å². The van der Waals surface area contributed by atoms with E-state index >= 15 is 0 Å². The monoisotopic (exact) mass is 331 g/mol. The third-order valence-electron chi connectivity index (χ3n) is 2.94. The third-order valence-corrected chi connectivity index (χ3v) is 3.35. The van der Waals surface area contributed by atoms with Gasteiger partial charge in [-0.25, -0.2) is 0 Å². The predicted octanol–water partition coefficient (Wildman–Crippen LogP) is 2.31. The lowest BCUT2D eigenvalue weighted by molar-refractivity contribution is -0.143. The summed E-state index contributed by atoms with van der Waals surface area (Å²) in [4.78, 5) is 14.2. The summed E-state index contributed by atoms with van der Waals surface area (Å²) in [6.45, 7) is 5.50. The molecule has 0 saturated carbocycles. The van der Waals surface area contributed by atoms with Gasteiger partial charge in [-0.1, -0.05) is 0 Å². The van der Waals surface area contributed by atoms with Gasteiger partial charge in [0.2, 0.25) is 0 Å². The van der Waals surface area contributed by atoms with Crippen LogP contribution in [-0.4, -0.2) is 49.3 Å². The number of morpholine rings is 1. The van der Waals surface area contributed by atoms with E-state index in [4.69, 9.17) is 13.9 Å². The summed E-state index contributed by atoms with van der Waals surface area (Å²) in [6, 6.07) is 1.68. The Morgan fingerprint density at radius 1 is 1.63 bits per heavy atom. The van der Waals surface area contributed by atoms with E-state index < -0.39 is 0 Å². The van der Waals surface area contributed by atoms with Gasteiger partial charge in [-0.05, 0) is 29.8 Å². The maximum atomic E-state index is 12.4. The molecule has 1 atom stereocenters. The summed E-state index contributed by atoms with van der Waals surface area (Å²) in [5, 5.41) is 0. The molecular weight excluding hydrogens is 314 g/mol. The van der Waals surface area contributed by atoms with Crippen molar-refractivity contribution in [2.24, 2.45) is 0 Å². The van der Waals surface area contributed by atoms with Crippen LogP contribution in [0, 0.1) is 0 Å². The second-order valence-electron chi connectivity index (χ2n) is 5.28. The lowest BCUT2D eigenvalue weighted by atomic mass is 10.0. The highest BCUT2D eigenvalue weighted by Gasteiger charge is 2.36. The minimum Gasteiger partial charge on any atom is -0.457 e. The highest BCUT2D eigenvalue weighted by Crippen LogP contribution is 2.24. The molecule has 19 heavy (non-hydrogen) atoms. The Balaban J connectivity index is 2.12. The van der Waals surface area contributed by atoms with Crippen molar-refractivity contribution in [3.05, 3.63) is 22.6 Å². The SMILES string of the molecule is COC[C@H]1CN(C(=O)c2coc(Br)c2)CC(C)(C)O1. The van der Waals surface area contributed by atoms with Crippen LogP contribution < -0.4 is 0 Å². The molecule has 1 aliphatic heterocycles. The van der Waals surface area contributed by atoms with Crippen molar-refractivity contribution in [2.75, 3.05) is 26.8 Å². The lowest BCUT2D eigenvalue weighted by Crippen LogP contribution is -2.55. The number of nitrogens with zero attached hydrogens (tertiary/aromatic N) is 1. The van der Waals surface area contributed by atoms with Crippen molar-refractivity contribution < 1.29 is 18.7 Å². The molecule has 1 aromatic rings. The van der Waals surface area contributed by atoms with Gasteiger partial charge in [-0.2, -0.15) is 0 Å². The lowest BCUT2D eigenvalue weighted by Gasteiger charge is -2.42. The molecule has 1 aliphatic rings. The quantitative estimate of drug-likeness (QED) is 0.852. The zero-order valence-corrected chi connectivity index (χ0v) is 12.9. The number of carbonyl (C=O) groups is 1. The molecule has 0 radical (unpaired) electrons. The minimum absolute atomic E-state index is 0.0491. The van der Waals surface area contributed by atoms with Crippen LogP contribution in [0.3, 0.4) is 0 Å². The van der Waals surface area contributed by atoms with Gasteiger partial charge in [0.05, 0.1) is 23.9 Å². The number of hydrogen-bond donors (Lipinski definition) is 0. The van der Waals surface area contributed by atoms with Crippen LogP contribution in [0.4, 0.5) is 0 Å². The summed E-state index contributed by atoms with van der Waals surface area (Å²) < 4.78 is 16.7. The molecule has 2 heterocycles. The Hall–Kier alpha value is -0.850. The van der Waals surface area contributed by atoms with E-state index in [9.17, 15) is 4.79 Å². The topological polar surface area (TPSA) is 51.9 Å². The molecule has 0 unspecified atom stereocenters. The van der Waals surface area contributed by atoms with E-state index in [1.807, 2.05) is 13.8 Å². The van der Waals surface area contributed by atoms with Crippen molar-refractivity contribution >= 4 is 21.8 Å². The second kappa shape index (κ2) is 5.64. The Kier molecular flexibility index (Phi) is 4.32. The number of amides is 1. The molecule has 6 heteroatoms. The van der Waals surface area contributed by atoms with E-state index in [0.29, 0.717) is 29.9 Å². The average molecular weight is 332 g/mol. The highest BCUT2D eigenvalue weighted by molar-refractivity contribution is 9.10. The predicted molar refractivity (Wildman–Crippen MR) is 73.1 cm³/mol. The second-order valence-corrected chi connectivity index (χ2v) is 6.06. The van der Waals surface area contributed by atoms with Crippen LogP contribution in [0.2, 0.25) is 0 Å². The van der Waals surface area contributed by atoms with Crippen molar-refractivity contribution in [1.29, 1.82) is 0 Å². The molecule has 1 amide bonds. The van der Waals surface area contributed by atoms with Gasteiger partial charge >= 0.3 is 0 Å². The van der Waals surface area contributed by atoms with Crippen LogP contribution in [0.1, 0.15) is 24.2 Å². The van der Waals surface area contributed by atoms with Crippen LogP contribution in [0.15, 0.2) is 21.4 Å². The Labute approximate surface area is 121 Å². The number of hydrogen-bond acceptors (Lipinski definition) is 4. The molecule has 0 N–H and O–H groups in total. The summed E-state index contributed by atoms with van der Waals surface area (Å²) >= 11 is 3.20. The average Bonchev–Trinajstić information content (AvgIpc) is 2.73. The summed E-state index contributed by atoms with van der Waals surface area (Å²) in [5.74, 6) is -0.0491. The highest BCUT2D eigenvalue weighted by atomic mass is 79.9. The number of carbonyl (C=O) groups excluding carboxylic acids is 1. The summed E-state index contributed by atoms with van der Waals surface area (Å²) in [6.07, 6.45) is 1.35. The Morgan fingerprint density at radius 3 is 2.95 bits per heavy atom. The third kappa shape index (κ3) is 3.58. The molecule has 5 nitrogen and oxygen atoms in total. The fraction of sp³-hybridized carbons (Fsp3) is 0.615. The summed E-state index contributed by atoms with van der Waals surface area (Å²) in [7, 11) is 1.63. The number of methoxy groups -OCH3 is 1. The van der Waals surface area contributed by atoms with E-state index in [-0.39, 0.29) is 17.6 Å².